The molecule has 1 saturated heterocycles. The minimum Gasteiger partial charge on any atom is -0.370 e. The zero-order chi connectivity index (χ0) is 8.48. The third-order valence-corrected chi connectivity index (χ3v) is 2.12. The van der Waals surface area contributed by atoms with Crippen LogP contribution >= 0.6 is 0 Å². The molecule has 0 spiro atoms. The molecule has 11 heavy (non-hydrogen) atoms. The molecule has 1 atom stereocenters. The Labute approximate surface area is 67.3 Å². The van der Waals surface area contributed by atoms with Crippen LogP contribution < -0.4 is 11.1 Å². The number of hydrogen-bond donors (Lipinski definition) is 2. The monoisotopic (exact) mass is 156 g/mol. The summed E-state index contributed by atoms with van der Waals surface area (Å²) in [5.41, 5.74) is 5.42. The molecule has 0 radical (unpaired) electrons. The number of nitrogens with one attached hydrogen (secondary N) is 1. The van der Waals surface area contributed by atoms with Crippen LogP contribution in [-0.4, -0.2) is 18.5 Å². The smallest absolute Gasteiger partial charge is 0.218 e. The molecule has 1 unspecified atom stereocenters. The quantitative estimate of drug-likeness (QED) is 0.602. The standard InChI is InChI=1S/C8H16N2O/c1-8(2)4-6(10-5-8)3-7(9)11/h6,10H,3-5H2,1-2H3,(H2,9,11). The molecule has 1 amide bonds. The third-order valence-electron chi connectivity index (χ3n) is 2.12. The molecular weight excluding hydrogens is 140 g/mol. The molecular formula is C8H16N2O. The second kappa shape index (κ2) is 2.81. The van der Waals surface area contributed by atoms with E-state index in [-0.39, 0.29) is 5.91 Å². The van der Waals surface area contributed by atoms with Crippen LogP contribution in [0, 0.1) is 5.41 Å². The van der Waals surface area contributed by atoms with Crippen LogP contribution in [-0.2, 0) is 4.79 Å². The van der Waals surface area contributed by atoms with Gasteiger partial charge in [-0.1, -0.05) is 13.8 Å². The molecule has 1 fully saturated rings. The van der Waals surface area contributed by atoms with Crippen molar-refractivity contribution < 1.29 is 4.79 Å². The molecule has 3 nitrogen and oxygen atoms in total. The summed E-state index contributed by atoms with van der Waals surface area (Å²) in [5, 5.41) is 3.28. The maximum Gasteiger partial charge on any atom is 0.218 e. The van der Waals surface area contributed by atoms with Crippen molar-refractivity contribution in [2.45, 2.75) is 32.7 Å². The topological polar surface area (TPSA) is 55.1 Å². The molecule has 1 heterocycles. The first-order chi connectivity index (χ1) is 4.99. The zero-order valence-electron chi connectivity index (χ0n) is 7.18. The Balaban J connectivity index is 2.36. The molecule has 0 saturated carbocycles. The minimum absolute atomic E-state index is 0.208. The Kier molecular flexibility index (Phi) is 2.18. The summed E-state index contributed by atoms with van der Waals surface area (Å²) in [6.07, 6.45) is 1.53. The summed E-state index contributed by atoms with van der Waals surface area (Å²) < 4.78 is 0. The molecule has 1 rings (SSSR count). The highest BCUT2D eigenvalue weighted by Gasteiger charge is 2.30. The van der Waals surface area contributed by atoms with Gasteiger partial charge in [-0.3, -0.25) is 4.79 Å². The summed E-state index contributed by atoms with van der Waals surface area (Å²) in [4.78, 5) is 10.5. The van der Waals surface area contributed by atoms with Crippen molar-refractivity contribution in [1.82, 2.24) is 5.32 Å². The fourth-order valence-electron chi connectivity index (χ4n) is 1.62. The van der Waals surface area contributed by atoms with Crippen molar-refractivity contribution in [2.75, 3.05) is 6.54 Å². The number of carbonyl (C=O) groups is 1. The molecule has 0 aliphatic carbocycles. The van der Waals surface area contributed by atoms with Crippen LogP contribution in [0.5, 0.6) is 0 Å². The van der Waals surface area contributed by atoms with Crippen LogP contribution in [0.4, 0.5) is 0 Å². The lowest BCUT2D eigenvalue weighted by atomic mass is 9.90. The molecule has 64 valence electrons. The van der Waals surface area contributed by atoms with Gasteiger partial charge in [-0.05, 0) is 11.8 Å². The van der Waals surface area contributed by atoms with E-state index in [0.717, 1.165) is 13.0 Å². The lowest BCUT2D eigenvalue weighted by Crippen LogP contribution is -2.27. The predicted octanol–water partition coefficient (Wildman–Crippen LogP) is 0.250. The highest BCUT2D eigenvalue weighted by molar-refractivity contribution is 5.74. The van der Waals surface area contributed by atoms with Crippen LogP contribution in [0.25, 0.3) is 0 Å². The van der Waals surface area contributed by atoms with Gasteiger partial charge in [0.1, 0.15) is 0 Å². The second-order valence-corrected chi connectivity index (χ2v) is 4.12. The summed E-state index contributed by atoms with van der Waals surface area (Å²) in [5.74, 6) is -0.208. The first-order valence-electron chi connectivity index (χ1n) is 4.01. The van der Waals surface area contributed by atoms with E-state index >= 15 is 0 Å². The van der Waals surface area contributed by atoms with Gasteiger partial charge >= 0.3 is 0 Å². The maximum absolute atomic E-state index is 10.5. The van der Waals surface area contributed by atoms with Gasteiger partial charge in [0.15, 0.2) is 0 Å². The van der Waals surface area contributed by atoms with E-state index in [4.69, 9.17) is 5.73 Å². The Morgan fingerprint density at radius 1 is 1.73 bits per heavy atom. The minimum atomic E-state index is -0.208. The van der Waals surface area contributed by atoms with Crippen molar-refractivity contribution >= 4 is 5.91 Å². The van der Waals surface area contributed by atoms with E-state index < -0.39 is 0 Å². The summed E-state index contributed by atoms with van der Waals surface area (Å²) in [6, 6.07) is 0.308. The number of rotatable bonds is 2. The molecule has 3 N–H and O–H groups in total. The molecule has 1 aliphatic rings. The SMILES string of the molecule is CC1(C)CNC(CC(N)=O)C1. The number of nitrogens with two attached hydrogens (primary N) is 1. The van der Waals surface area contributed by atoms with Crippen molar-refractivity contribution in [1.29, 1.82) is 0 Å². The van der Waals surface area contributed by atoms with Gasteiger partial charge in [-0.15, -0.1) is 0 Å². The van der Waals surface area contributed by atoms with E-state index in [0.29, 0.717) is 17.9 Å². The summed E-state index contributed by atoms with van der Waals surface area (Å²) in [7, 11) is 0. The Hall–Kier alpha value is -0.570. The van der Waals surface area contributed by atoms with E-state index in [9.17, 15) is 4.79 Å². The Bertz CT molecular complexity index is 165. The first kappa shape index (κ1) is 8.53. The number of carbonyl (C=O) groups excluding carboxylic acids is 1. The average molecular weight is 156 g/mol. The van der Waals surface area contributed by atoms with Crippen molar-refractivity contribution in [3.8, 4) is 0 Å². The van der Waals surface area contributed by atoms with Crippen LogP contribution in [0.3, 0.4) is 0 Å². The molecule has 0 aromatic carbocycles. The van der Waals surface area contributed by atoms with Gasteiger partial charge < -0.3 is 11.1 Å². The lowest BCUT2D eigenvalue weighted by molar-refractivity contribution is -0.118. The highest BCUT2D eigenvalue weighted by atomic mass is 16.1. The molecule has 3 heteroatoms. The molecule has 0 bridgehead atoms. The molecule has 0 aromatic rings. The largest absolute Gasteiger partial charge is 0.370 e. The second-order valence-electron chi connectivity index (χ2n) is 4.12. The molecule has 0 aromatic heterocycles. The fourth-order valence-corrected chi connectivity index (χ4v) is 1.62. The maximum atomic E-state index is 10.5. The van der Waals surface area contributed by atoms with Gasteiger partial charge in [0.05, 0.1) is 0 Å². The van der Waals surface area contributed by atoms with E-state index in [2.05, 4.69) is 19.2 Å². The highest BCUT2D eigenvalue weighted by Crippen LogP contribution is 2.27. The van der Waals surface area contributed by atoms with Crippen LogP contribution in [0.15, 0.2) is 0 Å². The average Bonchev–Trinajstić information content (AvgIpc) is 2.08. The predicted molar refractivity (Wildman–Crippen MR) is 44.0 cm³/mol. The Morgan fingerprint density at radius 3 is 2.73 bits per heavy atom. The third kappa shape index (κ3) is 2.50. The van der Waals surface area contributed by atoms with Crippen LogP contribution in [0.1, 0.15) is 26.7 Å². The van der Waals surface area contributed by atoms with E-state index in [1.165, 1.54) is 0 Å². The normalized spacial score (nSPS) is 28.7. The number of hydrogen-bond acceptors (Lipinski definition) is 2. The van der Waals surface area contributed by atoms with Crippen LogP contribution in [0.2, 0.25) is 0 Å². The van der Waals surface area contributed by atoms with Crippen molar-refractivity contribution in [2.24, 2.45) is 11.1 Å². The van der Waals surface area contributed by atoms with Gasteiger partial charge in [-0.25, -0.2) is 0 Å². The summed E-state index contributed by atoms with van der Waals surface area (Å²) >= 11 is 0. The zero-order valence-corrected chi connectivity index (χ0v) is 7.18. The molecule has 1 aliphatic heterocycles. The number of amides is 1. The lowest BCUT2D eigenvalue weighted by Gasteiger charge is -2.14. The van der Waals surface area contributed by atoms with Gasteiger partial charge in [0, 0.05) is 19.0 Å². The summed E-state index contributed by atoms with van der Waals surface area (Å²) in [6.45, 7) is 5.38. The van der Waals surface area contributed by atoms with Gasteiger partial charge in [-0.2, -0.15) is 0 Å². The van der Waals surface area contributed by atoms with Gasteiger partial charge in [0.25, 0.3) is 0 Å². The van der Waals surface area contributed by atoms with Crippen molar-refractivity contribution in [3.05, 3.63) is 0 Å². The number of primary amides is 1. The van der Waals surface area contributed by atoms with E-state index in [1.807, 2.05) is 0 Å². The van der Waals surface area contributed by atoms with E-state index in [1.54, 1.807) is 0 Å². The van der Waals surface area contributed by atoms with Crippen molar-refractivity contribution in [3.63, 3.8) is 0 Å². The van der Waals surface area contributed by atoms with Gasteiger partial charge in [0.2, 0.25) is 5.91 Å². The Morgan fingerprint density at radius 2 is 2.36 bits per heavy atom. The first-order valence-corrected chi connectivity index (χ1v) is 4.01. The fraction of sp³-hybridized carbons (Fsp3) is 0.875.